The number of aromatic nitrogens is 2. The molecule has 4 fully saturated rings. The van der Waals surface area contributed by atoms with Crippen LogP contribution in [-0.4, -0.2) is 105 Å². The van der Waals surface area contributed by atoms with Crippen molar-refractivity contribution >= 4 is 57.3 Å². The molecule has 3 aliphatic heterocycles. The number of carbonyl (C=O) groups excluding carboxylic acids is 6. The van der Waals surface area contributed by atoms with E-state index in [4.69, 9.17) is 16.3 Å². The van der Waals surface area contributed by atoms with Crippen LogP contribution < -0.4 is 20.7 Å². The van der Waals surface area contributed by atoms with Crippen LogP contribution in [0, 0.1) is 11.8 Å². The number of benzene rings is 1. The molecule has 6 aliphatic rings. The first-order chi connectivity index (χ1) is 29.8. The molecule has 2 aromatic rings. The Balaban J connectivity index is 1.06. The Labute approximate surface area is 365 Å². The van der Waals surface area contributed by atoms with Gasteiger partial charge in [0.15, 0.2) is 0 Å². The molecule has 1 aromatic heterocycles. The molecule has 3 saturated carbocycles. The molecule has 332 valence electrons. The van der Waals surface area contributed by atoms with Crippen molar-refractivity contribution < 1.29 is 41.9 Å². The number of nitrogens with one attached hydrogen (secondary N) is 4. The first-order valence-electron chi connectivity index (χ1n) is 21.8. The van der Waals surface area contributed by atoms with Crippen molar-refractivity contribution in [1.29, 1.82) is 0 Å². The monoisotopic (exact) mass is 892 g/mol. The van der Waals surface area contributed by atoms with E-state index >= 15 is 0 Å². The third kappa shape index (κ3) is 9.60. The molecule has 4 N–H and O–H groups in total. The van der Waals surface area contributed by atoms with Gasteiger partial charge in [-0.1, -0.05) is 68.0 Å². The molecule has 0 radical (unpaired) electrons. The number of hydrogen-bond donors (Lipinski definition) is 4. The highest BCUT2D eigenvalue weighted by atomic mass is 35.5. The van der Waals surface area contributed by atoms with Crippen LogP contribution in [0.1, 0.15) is 112 Å². The molecule has 1 aromatic carbocycles. The maximum atomic E-state index is 14.9. The molecule has 3 aliphatic carbocycles. The number of carbonyl (C=O) groups is 6. The van der Waals surface area contributed by atoms with E-state index in [1.807, 2.05) is 18.2 Å². The van der Waals surface area contributed by atoms with Gasteiger partial charge in [0, 0.05) is 36.3 Å². The zero-order chi connectivity index (χ0) is 43.6. The van der Waals surface area contributed by atoms with Crippen LogP contribution >= 0.6 is 11.6 Å². The smallest absolute Gasteiger partial charge is 0.410 e. The highest BCUT2D eigenvalue weighted by Gasteiger charge is 2.62. The summed E-state index contributed by atoms with van der Waals surface area (Å²) in [7, 11) is -3.95. The van der Waals surface area contributed by atoms with Crippen LogP contribution in [0.2, 0.25) is 5.02 Å². The molecule has 19 heteroatoms. The standard InChI is InChI=1S/C43H53ClN8O9S/c44-32-14-9-12-27-23-51(25-31(27)32)42(58)61-29-20-35-38(54)49-43(41(57)50-62(59,60)30-16-17-30)21-28(43)13-7-2-1-3-8-15-33(40(56)52(35)24-29)47-39(55)36(26-10-5-4-6-11-26)48-37(53)34-22-45-18-19-46-34/h7,9,12-14,18-19,22,26,28-30,33,35-36H,1-6,8,10-11,15-17,20-21,23-25H2,(H,47,55)(H,48,53)(H,49,54)(H,50,57)/t28-,29-,33+,35+,36+,43-/m1/s1. The summed E-state index contributed by atoms with van der Waals surface area (Å²) in [6.07, 6.45) is 14.1. The van der Waals surface area contributed by atoms with Gasteiger partial charge in [0.1, 0.15) is 35.5 Å². The number of sulfonamides is 1. The fourth-order valence-corrected chi connectivity index (χ4v) is 11.0. The second-order valence-electron chi connectivity index (χ2n) is 17.5. The molecule has 4 heterocycles. The lowest BCUT2D eigenvalue weighted by molar-refractivity contribution is -0.143. The number of amides is 6. The van der Waals surface area contributed by atoms with Gasteiger partial charge in [-0.3, -0.25) is 38.6 Å². The Morgan fingerprint density at radius 2 is 1.74 bits per heavy atom. The average molecular weight is 893 g/mol. The molecule has 6 atom stereocenters. The first-order valence-corrected chi connectivity index (χ1v) is 23.7. The predicted octanol–water partition coefficient (Wildman–Crippen LogP) is 3.42. The van der Waals surface area contributed by atoms with Crippen molar-refractivity contribution in [1.82, 2.24) is 40.4 Å². The minimum Gasteiger partial charge on any atom is -0.444 e. The minimum absolute atomic E-state index is 0.0436. The maximum Gasteiger partial charge on any atom is 0.410 e. The Morgan fingerprint density at radius 3 is 2.48 bits per heavy atom. The van der Waals surface area contributed by atoms with Crippen LogP contribution in [-0.2, 0) is 47.0 Å². The SMILES string of the molecule is O=C(N[C@H](C(=O)N[C@H]1CCCCCC=C[C@@H]2C[C@@]2(C(=O)NS(=O)(=O)C2CC2)NC(=O)[C@@H]2C[C@@H](OC(=O)N3Cc4cccc(Cl)c4C3)CN2C1=O)C1CCCCC1)c1cnccn1. The van der Waals surface area contributed by atoms with Crippen molar-refractivity contribution in [2.75, 3.05) is 6.54 Å². The van der Waals surface area contributed by atoms with Gasteiger partial charge in [-0.2, -0.15) is 0 Å². The van der Waals surface area contributed by atoms with Crippen LogP contribution in [0.15, 0.2) is 48.9 Å². The van der Waals surface area contributed by atoms with Crippen molar-refractivity contribution in [3.8, 4) is 0 Å². The van der Waals surface area contributed by atoms with E-state index in [1.54, 1.807) is 12.1 Å². The van der Waals surface area contributed by atoms with E-state index in [2.05, 4.69) is 30.6 Å². The van der Waals surface area contributed by atoms with Gasteiger partial charge in [-0.15, -0.1) is 0 Å². The molecule has 62 heavy (non-hydrogen) atoms. The number of ether oxygens (including phenoxy) is 1. The fraction of sp³-hybridized carbons (Fsp3) is 0.581. The van der Waals surface area contributed by atoms with Gasteiger partial charge in [0.05, 0.1) is 24.5 Å². The van der Waals surface area contributed by atoms with E-state index in [0.29, 0.717) is 50.0 Å². The second kappa shape index (κ2) is 18.3. The van der Waals surface area contributed by atoms with Gasteiger partial charge in [0.2, 0.25) is 27.7 Å². The van der Waals surface area contributed by atoms with E-state index in [9.17, 15) is 37.2 Å². The molecule has 0 bridgehead atoms. The molecular formula is C43H53ClN8O9S. The lowest BCUT2D eigenvalue weighted by Crippen LogP contribution is -2.60. The zero-order valence-electron chi connectivity index (χ0n) is 34.4. The molecule has 0 unspecified atom stereocenters. The number of allylic oxidation sites excluding steroid dienone is 1. The molecule has 1 saturated heterocycles. The van der Waals surface area contributed by atoms with E-state index in [-0.39, 0.29) is 50.5 Å². The van der Waals surface area contributed by atoms with Gasteiger partial charge in [0.25, 0.3) is 11.8 Å². The summed E-state index contributed by atoms with van der Waals surface area (Å²) in [5.41, 5.74) is 0.142. The first kappa shape index (κ1) is 43.5. The van der Waals surface area contributed by atoms with E-state index in [1.165, 1.54) is 28.4 Å². The van der Waals surface area contributed by atoms with Crippen molar-refractivity contribution in [3.63, 3.8) is 0 Å². The fourth-order valence-electron chi connectivity index (χ4n) is 9.33. The molecular weight excluding hydrogens is 840 g/mol. The topological polar surface area (TPSA) is 226 Å². The summed E-state index contributed by atoms with van der Waals surface area (Å²) in [5, 5.41) is 8.52. The lowest BCUT2D eigenvalue weighted by Gasteiger charge is -2.33. The number of rotatable bonds is 9. The Kier molecular flexibility index (Phi) is 12.9. The van der Waals surface area contributed by atoms with Crippen LogP contribution in [0.25, 0.3) is 0 Å². The summed E-state index contributed by atoms with van der Waals surface area (Å²) < 4.78 is 34.0. The van der Waals surface area contributed by atoms with Gasteiger partial charge >= 0.3 is 6.09 Å². The summed E-state index contributed by atoms with van der Waals surface area (Å²) in [5.74, 6) is -3.96. The summed E-state index contributed by atoms with van der Waals surface area (Å²) in [6, 6.07) is 2.05. The number of halogens is 1. The van der Waals surface area contributed by atoms with Crippen molar-refractivity contribution in [3.05, 3.63) is 70.8 Å². The van der Waals surface area contributed by atoms with Crippen molar-refractivity contribution in [2.45, 2.75) is 138 Å². The number of fused-ring (bicyclic) bond motifs is 3. The Bertz CT molecular complexity index is 2220. The predicted molar refractivity (Wildman–Crippen MR) is 224 cm³/mol. The third-order valence-corrected chi connectivity index (χ3v) is 15.3. The maximum absolute atomic E-state index is 14.9. The lowest BCUT2D eigenvalue weighted by atomic mass is 9.83. The molecule has 0 spiro atoms. The second-order valence-corrected chi connectivity index (χ2v) is 19.9. The highest BCUT2D eigenvalue weighted by molar-refractivity contribution is 7.91. The van der Waals surface area contributed by atoms with Crippen LogP contribution in [0.5, 0.6) is 0 Å². The average Bonchev–Trinajstić information content (AvgIpc) is 4.15. The summed E-state index contributed by atoms with van der Waals surface area (Å²) >= 11 is 6.41. The summed E-state index contributed by atoms with van der Waals surface area (Å²) in [6.45, 7) is 0.283. The molecule has 8 rings (SSSR count). The van der Waals surface area contributed by atoms with E-state index < -0.39 is 86.6 Å². The third-order valence-electron chi connectivity index (χ3n) is 13.1. The number of nitrogens with zero attached hydrogens (tertiary/aromatic N) is 4. The minimum atomic E-state index is -3.95. The summed E-state index contributed by atoms with van der Waals surface area (Å²) in [4.78, 5) is 95.6. The largest absolute Gasteiger partial charge is 0.444 e. The van der Waals surface area contributed by atoms with Crippen LogP contribution in [0.3, 0.4) is 0 Å². The van der Waals surface area contributed by atoms with Crippen LogP contribution in [0.4, 0.5) is 4.79 Å². The Hall–Kier alpha value is -5.10. The normalized spacial score (nSPS) is 27.3. The highest BCUT2D eigenvalue weighted by Crippen LogP contribution is 2.46. The van der Waals surface area contributed by atoms with Crippen molar-refractivity contribution in [2.24, 2.45) is 11.8 Å². The van der Waals surface area contributed by atoms with Gasteiger partial charge in [-0.05, 0) is 74.5 Å². The molecule has 17 nitrogen and oxygen atoms in total. The quantitative estimate of drug-likeness (QED) is 0.267. The Morgan fingerprint density at radius 1 is 0.968 bits per heavy atom. The number of hydrogen-bond acceptors (Lipinski definition) is 11. The van der Waals surface area contributed by atoms with Gasteiger partial charge in [-0.25, -0.2) is 18.2 Å². The zero-order valence-corrected chi connectivity index (χ0v) is 36.0. The van der Waals surface area contributed by atoms with Gasteiger partial charge < -0.3 is 25.6 Å². The van der Waals surface area contributed by atoms with E-state index in [0.717, 1.165) is 36.8 Å². The molecule has 6 amide bonds.